The summed E-state index contributed by atoms with van der Waals surface area (Å²) < 4.78 is 62.5. The Labute approximate surface area is 356 Å². The molecule has 0 radical (unpaired) electrons. The van der Waals surface area contributed by atoms with Gasteiger partial charge >= 0.3 is 7.60 Å². The van der Waals surface area contributed by atoms with Gasteiger partial charge in [0.2, 0.25) is 0 Å². The van der Waals surface area contributed by atoms with E-state index in [2.05, 4.69) is 0 Å². The summed E-state index contributed by atoms with van der Waals surface area (Å²) in [6.45, 7) is 1.91. The van der Waals surface area contributed by atoms with Gasteiger partial charge in [-0.3, -0.25) is 13.7 Å². The lowest BCUT2D eigenvalue weighted by Crippen LogP contribution is -2.19. The first kappa shape index (κ1) is 40.2. The second-order valence-corrected chi connectivity index (χ2v) is 21.3. The summed E-state index contributed by atoms with van der Waals surface area (Å²) in [4.78, 5) is 0. The van der Waals surface area contributed by atoms with Crippen molar-refractivity contribution in [3.8, 4) is 50.6 Å². The van der Waals surface area contributed by atoms with E-state index in [1.54, 1.807) is 6.66 Å². The van der Waals surface area contributed by atoms with Crippen LogP contribution in [-0.2, 0) is 31.0 Å². The molecule has 302 valence electrons. The normalized spacial score (nSPS) is 19.6. The molecule has 0 saturated carbocycles. The highest BCUT2D eigenvalue weighted by Crippen LogP contribution is 2.57. The fraction of sp³-hybridized carbons (Fsp3) is 0.0588. The minimum Gasteiger partial charge on any atom is -0.439 e. The number of rotatable bonds is 5. The smallest absolute Gasteiger partial charge is 0.411 e. The van der Waals surface area contributed by atoms with E-state index >= 15 is 0 Å². The average molecular weight is 859 g/mol. The van der Waals surface area contributed by atoms with Crippen LogP contribution in [0.15, 0.2) is 206 Å². The molecule has 0 spiro atoms. The van der Waals surface area contributed by atoms with Crippen molar-refractivity contribution >= 4 is 38.2 Å². The van der Waals surface area contributed by atoms with Crippen molar-refractivity contribution in [3.05, 3.63) is 217 Å². The number of hydrogen-bond donors (Lipinski definition) is 0. The van der Waals surface area contributed by atoms with Gasteiger partial charge in [-0.25, -0.2) is 4.57 Å². The summed E-state index contributed by atoms with van der Waals surface area (Å²) in [5.74, 6) is 2.02. The van der Waals surface area contributed by atoms with Crippen molar-refractivity contribution < 1.29 is 31.8 Å². The molecule has 0 aromatic heterocycles. The SMILES string of the molecule is CP1(=O)Oc2ccccc2-c2ccccc21.O=P1(Cc2ccccc2)Oc2ccccc2-c2ccccc21.O=P1(OCc2ccccc2)Oc2ccccc2-c2ccccc21. The fourth-order valence-corrected chi connectivity index (χ4v) is 13.5. The highest BCUT2D eigenvalue weighted by molar-refractivity contribution is 7.67. The van der Waals surface area contributed by atoms with Gasteiger partial charge in [-0.1, -0.05) is 170 Å². The molecule has 0 N–H and O–H groups in total. The summed E-state index contributed by atoms with van der Waals surface area (Å²) in [7, 11) is -9.07. The second kappa shape index (κ2) is 17.1. The zero-order valence-corrected chi connectivity index (χ0v) is 35.9. The van der Waals surface area contributed by atoms with Gasteiger partial charge in [0.1, 0.15) is 17.2 Å². The topological polar surface area (TPSA) is 88.1 Å². The predicted molar refractivity (Wildman–Crippen MR) is 247 cm³/mol. The van der Waals surface area contributed by atoms with Crippen LogP contribution >= 0.6 is 22.3 Å². The molecule has 0 bridgehead atoms. The molecule has 8 aromatic carbocycles. The van der Waals surface area contributed by atoms with Gasteiger partial charge in [0.05, 0.1) is 28.7 Å². The third kappa shape index (κ3) is 8.31. The van der Waals surface area contributed by atoms with Crippen LogP contribution in [0.1, 0.15) is 11.1 Å². The molecular weight excluding hydrogens is 817 g/mol. The first-order chi connectivity index (χ1) is 29.7. The Balaban J connectivity index is 0.000000119. The average Bonchev–Trinajstić information content (AvgIpc) is 3.30. The van der Waals surface area contributed by atoms with Crippen molar-refractivity contribution in [1.29, 1.82) is 0 Å². The molecule has 3 atom stereocenters. The largest absolute Gasteiger partial charge is 0.439 e. The molecule has 11 rings (SSSR count). The van der Waals surface area contributed by atoms with E-state index in [0.717, 1.165) is 55.1 Å². The molecule has 3 unspecified atom stereocenters. The monoisotopic (exact) mass is 858 g/mol. The highest BCUT2D eigenvalue weighted by atomic mass is 31.2. The van der Waals surface area contributed by atoms with E-state index in [1.807, 2.05) is 206 Å². The van der Waals surface area contributed by atoms with Crippen LogP contribution < -0.4 is 29.5 Å². The van der Waals surface area contributed by atoms with E-state index in [1.165, 1.54) is 0 Å². The molecule has 3 heterocycles. The van der Waals surface area contributed by atoms with Crippen LogP contribution in [0.3, 0.4) is 0 Å². The van der Waals surface area contributed by atoms with Gasteiger partial charge in [-0.2, -0.15) is 0 Å². The molecule has 0 saturated heterocycles. The molecular formula is C51H41O7P3. The zero-order chi connectivity index (χ0) is 41.9. The van der Waals surface area contributed by atoms with Crippen LogP contribution in [0.2, 0.25) is 0 Å². The Kier molecular flexibility index (Phi) is 11.2. The maximum Gasteiger partial charge on any atom is 0.411 e. The molecule has 8 aromatic rings. The third-order valence-electron chi connectivity index (χ3n) is 10.6. The number of hydrogen-bond acceptors (Lipinski definition) is 7. The molecule has 61 heavy (non-hydrogen) atoms. The molecule has 3 aliphatic heterocycles. The van der Waals surface area contributed by atoms with Crippen molar-refractivity contribution in [2.24, 2.45) is 0 Å². The molecule has 3 aliphatic rings. The summed E-state index contributed by atoms with van der Waals surface area (Å²) in [5.41, 5.74) is 7.91. The molecule has 0 amide bonds. The first-order valence-corrected chi connectivity index (χ1v) is 25.3. The first-order valence-electron chi connectivity index (χ1n) is 19.9. The molecule has 7 nitrogen and oxygen atoms in total. The number of benzene rings is 8. The van der Waals surface area contributed by atoms with Crippen molar-refractivity contribution in [2.45, 2.75) is 12.8 Å². The second-order valence-electron chi connectivity index (χ2n) is 14.7. The summed E-state index contributed by atoms with van der Waals surface area (Å²) in [6, 6.07) is 65.8. The minimum absolute atomic E-state index is 0.245. The summed E-state index contributed by atoms with van der Waals surface area (Å²) in [5, 5.41) is 2.25. The lowest BCUT2D eigenvalue weighted by molar-refractivity contribution is 0.264. The predicted octanol–water partition coefficient (Wildman–Crippen LogP) is 12.9. The summed E-state index contributed by atoms with van der Waals surface area (Å²) in [6.07, 6.45) is 0.416. The number of fused-ring (bicyclic) bond motifs is 9. The summed E-state index contributed by atoms with van der Waals surface area (Å²) >= 11 is 0. The Hall–Kier alpha value is -6.19. The van der Waals surface area contributed by atoms with Crippen LogP contribution in [0, 0.1) is 0 Å². The zero-order valence-electron chi connectivity index (χ0n) is 33.2. The van der Waals surface area contributed by atoms with Crippen LogP contribution in [0.4, 0.5) is 0 Å². The maximum atomic E-state index is 13.6. The third-order valence-corrected chi connectivity index (χ3v) is 16.7. The van der Waals surface area contributed by atoms with Gasteiger partial charge in [0, 0.05) is 28.9 Å². The van der Waals surface area contributed by atoms with Gasteiger partial charge in [0.15, 0.2) is 0 Å². The fourth-order valence-electron chi connectivity index (χ4n) is 7.69. The maximum absolute atomic E-state index is 13.6. The lowest BCUT2D eigenvalue weighted by Gasteiger charge is -2.28. The van der Waals surface area contributed by atoms with Gasteiger partial charge < -0.3 is 13.6 Å². The lowest BCUT2D eigenvalue weighted by atomic mass is 10.0. The molecule has 0 fully saturated rings. The molecule has 10 heteroatoms. The van der Waals surface area contributed by atoms with E-state index < -0.39 is 22.3 Å². The highest BCUT2D eigenvalue weighted by Gasteiger charge is 2.38. The van der Waals surface area contributed by atoms with Crippen molar-refractivity contribution in [2.75, 3.05) is 6.66 Å². The van der Waals surface area contributed by atoms with Gasteiger partial charge in [-0.15, -0.1) is 0 Å². The van der Waals surface area contributed by atoms with Gasteiger partial charge in [0.25, 0.3) is 14.7 Å². The van der Waals surface area contributed by atoms with E-state index in [-0.39, 0.29) is 6.61 Å². The van der Waals surface area contributed by atoms with E-state index in [4.69, 9.17) is 18.1 Å². The van der Waals surface area contributed by atoms with Gasteiger partial charge in [-0.05, 0) is 58.7 Å². The standard InChI is InChI=1S/C19H15O3P.C19H15O2P.C13H11O2P/c20-23(21-14-15-8-2-1-3-9-15)19-13-7-5-11-17(19)16-10-4-6-12-18(16)22-23;20-22(14-15-8-2-1-3-9-15)19-13-7-5-11-17(19)16-10-4-6-12-18(16)21-22;1-16(14)13-9-5-3-7-11(13)10-6-2-4-8-12(10)15-16/h1-13H,14H2;1-13H,14H2;2-9H,1H3. The quantitative estimate of drug-likeness (QED) is 0.159. The minimum atomic E-state index is -3.40. The Morgan fingerprint density at radius 2 is 0.754 bits per heavy atom. The van der Waals surface area contributed by atoms with Crippen LogP contribution in [0.25, 0.3) is 33.4 Å². The van der Waals surface area contributed by atoms with E-state index in [9.17, 15) is 13.7 Å². The Morgan fingerprint density at radius 1 is 0.377 bits per heavy atom. The Bertz CT molecular complexity index is 3000. The number of para-hydroxylation sites is 3. The van der Waals surface area contributed by atoms with Crippen LogP contribution in [0.5, 0.6) is 17.2 Å². The molecule has 0 aliphatic carbocycles. The Morgan fingerprint density at radius 3 is 1.31 bits per heavy atom. The van der Waals surface area contributed by atoms with Crippen molar-refractivity contribution in [3.63, 3.8) is 0 Å². The van der Waals surface area contributed by atoms with E-state index in [0.29, 0.717) is 28.7 Å². The van der Waals surface area contributed by atoms with Crippen LogP contribution in [-0.4, -0.2) is 6.66 Å². The van der Waals surface area contributed by atoms with Crippen molar-refractivity contribution in [1.82, 2.24) is 0 Å².